The van der Waals surface area contributed by atoms with Gasteiger partial charge in [0, 0.05) is 6.61 Å². The molecule has 3 nitrogen and oxygen atoms in total. The van der Waals surface area contributed by atoms with E-state index in [9.17, 15) is 4.79 Å². The van der Waals surface area contributed by atoms with E-state index in [1.807, 2.05) is 0 Å². The first-order valence-electron chi connectivity index (χ1n) is 3.14. The Kier molecular flexibility index (Phi) is 5.63. The number of aliphatic hydroxyl groups excluding tert-OH is 1. The molecule has 0 saturated heterocycles. The van der Waals surface area contributed by atoms with Crippen LogP contribution in [0.2, 0.25) is 0 Å². The van der Waals surface area contributed by atoms with E-state index >= 15 is 0 Å². The molecular weight excluding hydrogens is 132 g/mol. The van der Waals surface area contributed by atoms with E-state index in [-0.39, 0.29) is 6.61 Å². The summed E-state index contributed by atoms with van der Waals surface area (Å²) >= 11 is 0. The highest BCUT2D eigenvalue weighted by Gasteiger charge is 2.03. The number of hydrogen-bond donors (Lipinski definition) is 1. The Balaban J connectivity index is 3.03. The van der Waals surface area contributed by atoms with E-state index in [0.29, 0.717) is 19.4 Å². The molecule has 0 heterocycles. The summed E-state index contributed by atoms with van der Waals surface area (Å²) in [5, 5.41) is 8.32. The Labute approximate surface area is 60.3 Å². The summed E-state index contributed by atoms with van der Waals surface area (Å²) < 4.78 is 4.56. The van der Waals surface area contributed by atoms with Crippen LogP contribution >= 0.6 is 0 Å². The molecule has 0 aromatic rings. The smallest absolute Gasteiger partial charge is 0.396 e. The molecule has 0 aliphatic carbocycles. The van der Waals surface area contributed by atoms with Gasteiger partial charge in [-0.3, -0.25) is 0 Å². The van der Waals surface area contributed by atoms with Gasteiger partial charge in [0.05, 0.1) is 6.58 Å². The summed E-state index contributed by atoms with van der Waals surface area (Å²) in [5.41, 5.74) is 0. The molecule has 0 spiro atoms. The largest absolute Gasteiger partial charge is 0.484 e. The first kappa shape index (κ1) is 9.08. The van der Waals surface area contributed by atoms with Gasteiger partial charge in [-0.2, -0.15) is 0 Å². The van der Waals surface area contributed by atoms with Gasteiger partial charge in [0.2, 0.25) is 6.08 Å². The lowest BCUT2D eigenvalue weighted by atomic mass is 10.3. The molecule has 0 bridgehead atoms. The molecule has 0 aromatic carbocycles. The molecule has 0 aromatic heterocycles. The average molecular weight is 143 g/mol. The number of hydrogen-bond acceptors (Lipinski definition) is 3. The molecule has 0 amide bonds. The number of rotatable bonds is 5. The van der Waals surface area contributed by atoms with E-state index in [0.717, 1.165) is 6.08 Å². The maximum absolute atomic E-state index is 10.3. The summed E-state index contributed by atoms with van der Waals surface area (Å²) in [6.07, 6.45) is 2.20. The van der Waals surface area contributed by atoms with Gasteiger partial charge in [-0.1, -0.05) is 0 Å². The Morgan fingerprint density at radius 2 is 2.30 bits per heavy atom. The third-order valence-electron chi connectivity index (χ3n) is 0.933. The summed E-state index contributed by atoms with van der Waals surface area (Å²) in [6, 6.07) is 0. The van der Waals surface area contributed by atoms with Crippen molar-refractivity contribution in [3.8, 4) is 0 Å². The number of aliphatic hydroxyl groups is 1. The van der Waals surface area contributed by atoms with Crippen LogP contribution in [-0.2, 0) is 9.53 Å². The van der Waals surface area contributed by atoms with Crippen molar-refractivity contribution in [1.82, 2.24) is 0 Å². The molecule has 10 heavy (non-hydrogen) atoms. The van der Waals surface area contributed by atoms with Crippen molar-refractivity contribution in [3.63, 3.8) is 0 Å². The first-order chi connectivity index (χ1) is 4.81. The molecule has 0 rings (SSSR count). The summed E-state index contributed by atoms with van der Waals surface area (Å²) in [5.74, 6) is -0.516. The van der Waals surface area contributed by atoms with Crippen LogP contribution < -0.4 is 0 Å². The molecule has 1 N–H and O–H groups in total. The van der Waals surface area contributed by atoms with Crippen LogP contribution in [0.1, 0.15) is 12.8 Å². The zero-order chi connectivity index (χ0) is 7.82. The Morgan fingerprint density at radius 3 is 2.80 bits per heavy atom. The SMILES string of the molecule is [CH+]=CC(=O)OCCCCO. The molecule has 0 fully saturated rings. The van der Waals surface area contributed by atoms with Gasteiger partial charge in [-0.15, -0.1) is 4.79 Å². The zero-order valence-electron chi connectivity index (χ0n) is 5.75. The zero-order valence-corrected chi connectivity index (χ0v) is 5.75. The van der Waals surface area contributed by atoms with Crippen LogP contribution in [0.25, 0.3) is 0 Å². The van der Waals surface area contributed by atoms with Gasteiger partial charge < -0.3 is 9.84 Å². The fraction of sp³-hybridized carbons (Fsp3) is 0.571. The topological polar surface area (TPSA) is 46.5 Å². The average Bonchev–Trinajstić information content (AvgIpc) is 1.98. The number of unbranched alkanes of at least 4 members (excludes halogenated alkanes) is 1. The normalized spacial score (nSPS) is 8.80. The van der Waals surface area contributed by atoms with E-state index in [1.165, 1.54) is 0 Å². The van der Waals surface area contributed by atoms with Crippen LogP contribution in [-0.4, -0.2) is 24.3 Å². The molecule has 0 saturated carbocycles. The van der Waals surface area contributed by atoms with E-state index in [1.54, 1.807) is 0 Å². The molecule has 0 aliphatic rings. The van der Waals surface area contributed by atoms with E-state index in [4.69, 9.17) is 11.7 Å². The van der Waals surface area contributed by atoms with Gasteiger partial charge in [0.15, 0.2) is 0 Å². The van der Waals surface area contributed by atoms with Crippen molar-refractivity contribution >= 4 is 5.97 Å². The van der Waals surface area contributed by atoms with Crippen LogP contribution in [0.15, 0.2) is 6.08 Å². The van der Waals surface area contributed by atoms with Gasteiger partial charge >= 0.3 is 5.97 Å². The van der Waals surface area contributed by atoms with Gasteiger partial charge in [0.1, 0.15) is 6.61 Å². The van der Waals surface area contributed by atoms with Gasteiger partial charge in [-0.05, 0) is 12.8 Å². The lowest BCUT2D eigenvalue weighted by molar-refractivity contribution is -0.137. The minimum Gasteiger partial charge on any atom is -0.396 e. The van der Waals surface area contributed by atoms with Gasteiger partial charge in [0.25, 0.3) is 0 Å². The third kappa shape index (κ3) is 5.22. The number of ether oxygens (including phenoxy) is 1. The van der Waals surface area contributed by atoms with Crippen molar-refractivity contribution < 1.29 is 14.6 Å². The highest BCUT2D eigenvalue weighted by molar-refractivity contribution is 5.80. The van der Waals surface area contributed by atoms with Crippen molar-refractivity contribution in [2.24, 2.45) is 0 Å². The maximum Gasteiger partial charge on any atom is 0.484 e. The van der Waals surface area contributed by atoms with Crippen molar-refractivity contribution in [3.05, 3.63) is 12.7 Å². The van der Waals surface area contributed by atoms with Crippen molar-refractivity contribution in [1.29, 1.82) is 0 Å². The van der Waals surface area contributed by atoms with Crippen LogP contribution in [0.3, 0.4) is 0 Å². The van der Waals surface area contributed by atoms with Crippen molar-refractivity contribution in [2.75, 3.05) is 13.2 Å². The standard InChI is InChI=1S/C7H11O3/c1-2-7(9)10-6-4-3-5-8/h1-2,8H,3-6H2/q+1. The molecule has 0 atom stereocenters. The second-order valence-electron chi connectivity index (χ2n) is 1.76. The lowest BCUT2D eigenvalue weighted by Crippen LogP contribution is -2.02. The Hall–Kier alpha value is -0.920. The predicted octanol–water partition coefficient (Wildman–Crippen LogP) is 0.291. The summed E-state index contributed by atoms with van der Waals surface area (Å²) in [4.78, 5) is 10.3. The fourth-order valence-electron chi connectivity index (χ4n) is 0.435. The Morgan fingerprint density at radius 1 is 1.60 bits per heavy atom. The molecule has 0 aliphatic heterocycles. The van der Waals surface area contributed by atoms with Crippen LogP contribution in [0, 0.1) is 6.58 Å². The molecule has 3 heteroatoms. The van der Waals surface area contributed by atoms with Gasteiger partial charge in [-0.25, -0.2) is 0 Å². The summed E-state index contributed by atoms with van der Waals surface area (Å²) in [6.45, 7) is 5.29. The van der Waals surface area contributed by atoms with Crippen molar-refractivity contribution in [2.45, 2.75) is 12.8 Å². The monoisotopic (exact) mass is 143 g/mol. The highest BCUT2D eigenvalue weighted by Crippen LogP contribution is 1.88. The van der Waals surface area contributed by atoms with Crippen LogP contribution in [0.4, 0.5) is 0 Å². The fourth-order valence-corrected chi connectivity index (χ4v) is 0.435. The Bertz CT molecular complexity index is 109. The first-order valence-corrected chi connectivity index (χ1v) is 3.14. The predicted molar refractivity (Wildman–Crippen MR) is 36.1 cm³/mol. The lowest BCUT2D eigenvalue weighted by Gasteiger charge is -1.92. The third-order valence-corrected chi connectivity index (χ3v) is 0.933. The maximum atomic E-state index is 10.3. The number of esters is 1. The van der Waals surface area contributed by atoms with E-state index < -0.39 is 5.97 Å². The minimum absolute atomic E-state index is 0.129. The molecule has 56 valence electrons. The second-order valence-corrected chi connectivity index (χ2v) is 1.76. The highest BCUT2D eigenvalue weighted by atomic mass is 16.5. The van der Waals surface area contributed by atoms with E-state index in [2.05, 4.69) is 4.74 Å². The minimum atomic E-state index is -0.516. The summed E-state index contributed by atoms with van der Waals surface area (Å²) in [7, 11) is 0. The van der Waals surface area contributed by atoms with Crippen LogP contribution in [0.5, 0.6) is 0 Å². The second kappa shape index (κ2) is 6.20. The quantitative estimate of drug-likeness (QED) is 0.260. The molecular formula is C7H11O3+. The molecule has 0 unspecified atom stereocenters. The number of carbonyl (C=O) groups excluding carboxylic acids is 1. The number of carbonyl (C=O) groups is 1. The molecule has 0 radical (unpaired) electrons.